The molecule has 31 heavy (non-hydrogen) atoms. The van der Waals surface area contributed by atoms with Crippen molar-refractivity contribution in [2.75, 3.05) is 42.5 Å². The number of nitrogens with one attached hydrogen (secondary N) is 1. The van der Waals surface area contributed by atoms with Gasteiger partial charge in [0, 0.05) is 44.7 Å². The highest BCUT2D eigenvalue weighted by Gasteiger charge is 2.28. The zero-order valence-corrected chi connectivity index (χ0v) is 17.9. The summed E-state index contributed by atoms with van der Waals surface area (Å²) in [6.07, 6.45) is 4.99. The zero-order chi connectivity index (χ0) is 21.2. The van der Waals surface area contributed by atoms with Crippen LogP contribution in [0.4, 0.5) is 11.8 Å². The number of β-amino-alcohol motifs (C(OH)–C–C–N with tert-alkyl or cyclic N) is 1. The van der Waals surface area contributed by atoms with Gasteiger partial charge in [0.25, 0.3) is 5.91 Å². The number of aliphatic hydroxyl groups excluding tert-OH is 1. The smallest absolute Gasteiger partial charge is 0.270 e. The van der Waals surface area contributed by atoms with Gasteiger partial charge in [-0.2, -0.15) is 4.98 Å². The molecule has 0 spiro atoms. The summed E-state index contributed by atoms with van der Waals surface area (Å²) in [7, 11) is 0. The minimum absolute atomic E-state index is 0.131. The summed E-state index contributed by atoms with van der Waals surface area (Å²) in [5, 5.41) is 13.0. The highest BCUT2D eigenvalue weighted by molar-refractivity contribution is 5.93. The molecule has 1 aromatic heterocycles. The summed E-state index contributed by atoms with van der Waals surface area (Å²) in [6.45, 7) is 3.74. The van der Waals surface area contributed by atoms with Crippen LogP contribution in [-0.2, 0) is 0 Å². The molecule has 1 saturated carbocycles. The fourth-order valence-corrected chi connectivity index (χ4v) is 4.60. The molecule has 0 unspecified atom stereocenters. The number of aromatic nitrogens is 2. The van der Waals surface area contributed by atoms with Crippen LogP contribution in [0.3, 0.4) is 0 Å². The Morgan fingerprint density at radius 3 is 2.61 bits per heavy atom. The Hall–Kier alpha value is -2.67. The van der Waals surface area contributed by atoms with E-state index < -0.39 is 0 Å². The first-order valence-electron chi connectivity index (χ1n) is 11.6. The predicted molar refractivity (Wildman–Crippen MR) is 121 cm³/mol. The minimum Gasteiger partial charge on any atom is -0.391 e. The van der Waals surface area contributed by atoms with E-state index in [2.05, 4.69) is 44.4 Å². The second-order valence-corrected chi connectivity index (χ2v) is 9.15. The fourth-order valence-electron chi connectivity index (χ4n) is 4.60. The lowest BCUT2D eigenvalue weighted by Crippen LogP contribution is -2.37. The molecule has 2 N–H and O–H groups in total. The van der Waals surface area contributed by atoms with Crippen molar-refractivity contribution in [3.63, 3.8) is 0 Å². The largest absolute Gasteiger partial charge is 0.391 e. The van der Waals surface area contributed by atoms with E-state index >= 15 is 0 Å². The summed E-state index contributed by atoms with van der Waals surface area (Å²) < 4.78 is 0. The lowest BCUT2D eigenvalue weighted by Gasteiger charge is -2.33. The monoisotopic (exact) mass is 421 g/mol. The number of aliphatic hydroxyl groups is 1. The van der Waals surface area contributed by atoms with Gasteiger partial charge >= 0.3 is 0 Å². The van der Waals surface area contributed by atoms with Crippen molar-refractivity contribution in [1.82, 2.24) is 15.3 Å². The van der Waals surface area contributed by atoms with E-state index in [9.17, 15) is 9.90 Å². The van der Waals surface area contributed by atoms with Gasteiger partial charge in [-0.05, 0) is 43.6 Å². The molecule has 5 rings (SSSR count). The molecule has 3 heterocycles. The SMILES string of the molecule is O=C(NCC1CC1)c1cc(N2CC[C@@H](O)C2)nc(N2CCC[C@H](c3ccccc3)C2)n1. The number of benzene rings is 1. The molecule has 1 aliphatic carbocycles. The first kappa shape index (κ1) is 20.2. The Labute approximate surface area is 183 Å². The molecule has 2 atom stereocenters. The molecular weight excluding hydrogens is 390 g/mol. The van der Waals surface area contributed by atoms with Crippen LogP contribution in [-0.4, -0.2) is 59.8 Å². The molecule has 3 aliphatic rings. The maximum Gasteiger partial charge on any atom is 0.270 e. The Bertz CT molecular complexity index is 917. The summed E-state index contributed by atoms with van der Waals surface area (Å²) in [4.78, 5) is 26.6. The molecular formula is C24H31N5O2. The Morgan fingerprint density at radius 1 is 1.03 bits per heavy atom. The van der Waals surface area contributed by atoms with Crippen molar-refractivity contribution in [2.24, 2.45) is 5.92 Å². The van der Waals surface area contributed by atoms with Gasteiger partial charge in [-0.25, -0.2) is 4.98 Å². The van der Waals surface area contributed by atoms with Crippen LogP contribution in [0.2, 0.25) is 0 Å². The molecule has 0 bridgehead atoms. The molecule has 2 aliphatic heterocycles. The normalized spacial score (nSPS) is 23.8. The zero-order valence-electron chi connectivity index (χ0n) is 17.9. The van der Waals surface area contributed by atoms with Gasteiger partial charge in [0.1, 0.15) is 11.5 Å². The molecule has 2 aromatic rings. The van der Waals surface area contributed by atoms with Crippen LogP contribution in [0, 0.1) is 5.92 Å². The molecule has 164 valence electrons. The number of hydrogen-bond donors (Lipinski definition) is 2. The van der Waals surface area contributed by atoms with Gasteiger partial charge in [0.15, 0.2) is 0 Å². The quantitative estimate of drug-likeness (QED) is 0.746. The third-order valence-electron chi connectivity index (χ3n) is 6.64. The van der Waals surface area contributed by atoms with Crippen molar-refractivity contribution in [3.05, 3.63) is 47.7 Å². The van der Waals surface area contributed by atoms with Gasteiger partial charge in [-0.15, -0.1) is 0 Å². The molecule has 7 nitrogen and oxygen atoms in total. The van der Waals surface area contributed by atoms with Gasteiger partial charge < -0.3 is 20.2 Å². The molecule has 1 amide bonds. The predicted octanol–water partition coefficient (Wildman–Crippen LogP) is 2.57. The van der Waals surface area contributed by atoms with Crippen LogP contribution in [0.25, 0.3) is 0 Å². The topological polar surface area (TPSA) is 81.6 Å². The fraction of sp³-hybridized carbons (Fsp3) is 0.542. The van der Waals surface area contributed by atoms with E-state index in [0.717, 1.165) is 51.3 Å². The molecule has 0 radical (unpaired) electrons. The number of carbonyl (C=O) groups is 1. The van der Waals surface area contributed by atoms with E-state index in [0.29, 0.717) is 30.0 Å². The van der Waals surface area contributed by atoms with E-state index in [1.807, 2.05) is 6.07 Å². The van der Waals surface area contributed by atoms with E-state index in [-0.39, 0.29) is 12.0 Å². The minimum atomic E-state index is -0.344. The molecule has 7 heteroatoms. The number of anilines is 2. The lowest BCUT2D eigenvalue weighted by molar-refractivity contribution is 0.0946. The Kier molecular flexibility index (Phi) is 5.76. The summed E-state index contributed by atoms with van der Waals surface area (Å²) >= 11 is 0. The van der Waals surface area contributed by atoms with Gasteiger partial charge in [-0.1, -0.05) is 30.3 Å². The lowest BCUT2D eigenvalue weighted by atomic mass is 9.91. The van der Waals surface area contributed by atoms with Crippen molar-refractivity contribution < 1.29 is 9.90 Å². The van der Waals surface area contributed by atoms with Crippen LogP contribution in [0.5, 0.6) is 0 Å². The summed E-state index contributed by atoms with van der Waals surface area (Å²) in [5.74, 6) is 2.28. The number of carbonyl (C=O) groups excluding carboxylic acids is 1. The second kappa shape index (κ2) is 8.83. The average Bonchev–Trinajstić information content (AvgIpc) is 3.55. The van der Waals surface area contributed by atoms with E-state index in [1.54, 1.807) is 6.07 Å². The van der Waals surface area contributed by atoms with Crippen molar-refractivity contribution in [2.45, 2.75) is 44.1 Å². The first-order valence-corrected chi connectivity index (χ1v) is 11.6. The number of amides is 1. The summed E-state index contributed by atoms with van der Waals surface area (Å²) in [6, 6.07) is 12.4. The van der Waals surface area contributed by atoms with E-state index in [4.69, 9.17) is 4.98 Å². The van der Waals surface area contributed by atoms with Gasteiger partial charge in [-0.3, -0.25) is 4.79 Å². The van der Waals surface area contributed by atoms with Crippen molar-refractivity contribution in [3.8, 4) is 0 Å². The van der Waals surface area contributed by atoms with Crippen LogP contribution in [0.15, 0.2) is 36.4 Å². The molecule has 2 saturated heterocycles. The van der Waals surface area contributed by atoms with Gasteiger partial charge in [0.05, 0.1) is 6.10 Å². The highest BCUT2D eigenvalue weighted by Crippen LogP contribution is 2.30. The number of rotatable bonds is 6. The summed E-state index contributed by atoms with van der Waals surface area (Å²) in [5.41, 5.74) is 1.76. The first-order chi connectivity index (χ1) is 15.2. The van der Waals surface area contributed by atoms with Crippen LogP contribution >= 0.6 is 0 Å². The number of hydrogen-bond acceptors (Lipinski definition) is 6. The number of nitrogens with zero attached hydrogens (tertiary/aromatic N) is 4. The standard InChI is InChI=1S/C24H31N5O2/c30-20-10-12-28(16-20)22-13-21(23(31)25-14-17-8-9-17)26-24(27-22)29-11-4-7-19(15-29)18-5-2-1-3-6-18/h1-3,5-6,13,17,19-20,30H,4,7-12,14-16H2,(H,25,31)/t19-,20+/m0/s1. The van der Waals surface area contributed by atoms with E-state index in [1.165, 1.54) is 18.4 Å². The van der Waals surface area contributed by atoms with Crippen LogP contribution < -0.4 is 15.1 Å². The Balaban J connectivity index is 1.40. The second-order valence-electron chi connectivity index (χ2n) is 9.15. The van der Waals surface area contributed by atoms with Crippen LogP contribution in [0.1, 0.15) is 54.1 Å². The Morgan fingerprint density at radius 2 is 1.87 bits per heavy atom. The van der Waals surface area contributed by atoms with Gasteiger partial charge in [0.2, 0.25) is 5.95 Å². The highest BCUT2D eigenvalue weighted by atomic mass is 16.3. The molecule has 1 aromatic carbocycles. The van der Waals surface area contributed by atoms with Crippen molar-refractivity contribution in [1.29, 1.82) is 0 Å². The maximum absolute atomic E-state index is 12.8. The van der Waals surface area contributed by atoms with Crippen molar-refractivity contribution >= 4 is 17.7 Å². The maximum atomic E-state index is 12.8. The molecule has 3 fully saturated rings. The third kappa shape index (κ3) is 4.82. The average molecular weight is 422 g/mol. The number of piperidine rings is 1. The third-order valence-corrected chi connectivity index (χ3v) is 6.64.